The molecule has 110 valence electrons. The van der Waals surface area contributed by atoms with Crippen LogP contribution in [0, 0.1) is 5.92 Å². The maximum absolute atomic E-state index is 3.44. The van der Waals surface area contributed by atoms with Gasteiger partial charge < -0.3 is 5.32 Å². The molecule has 0 bridgehead atoms. The number of nitrogens with one attached hydrogen (secondary N) is 1. The Hall–Kier alpha value is -0.280. The third-order valence-corrected chi connectivity index (χ3v) is 3.87. The molecule has 0 radical (unpaired) electrons. The van der Waals surface area contributed by atoms with E-state index in [1.165, 1.54) is 25.1 Å². The molecular formula is C15H26Cl2N2. The predicted molar refractivity (Wildman–Crippen MR) is 87.6 cm³/mol. The molecule has 0 aromatic heterocycles. The van der Waals surface area contributed by atoms with Crippen LogP contribution in [-0.4, -0.2) is 31.1 Å². The van der Waals surface area contributed by atoms with Gasteiger partial charge in [0.2, 0.25) is 0 Å². The second kappa shape index (κ2) is 9.60. The monoisotopic (exact) mass is 304 g/mol. The Bertz CT molecular complexity index is 326. The zero-order valence-electron chi connectivity index (χ0n) is 11.8. The van der Waals surface area contributed by atoms with Crippen LogP contribution in [0.1, 0.15) is 31.9 Å². The first-order chi connectivity index (χ1) is 8.33. The van der Waals surface area contributed by atoms with Crippen molar-refractivity contribution in [1.29, 1.82) is 0 Å². The van der Waals surface area contributed by atoms with Crippen LogP contribution in [0.15, 0.2) is 30.3 Å². The summed E-state index contributed by atoms with van der Waals surface area (Å²) < 4.78 is 0. The largest absolute Gasteiger partial charge is 0.314 e. The molecule has 0 spiro atoms. The minimum atomic E-state index is 0. The molecule has 1 N–H and O–H groups in total. The molecule has 2 atom stereocenters. The topological polar surface area (TPSA) is 15.3 Å². The Kier molecular flexibility index (Phi) is 9.46. The number of benzene rings is 1. The Morgan fingerprint density at radius 1 is 1.11 bits per heavy atom. The van der Waals surface area contributed by atoms with Crippen LogP contribution in [0.2, 0.25) is 0 Å². The number of rotatable bonds is 4. The van der Waals surface area contributed by atoms with E-state index in [9.17, 15) is 0 Å². The van der Waals surface area contributed by atoms with Crippen molar-refractivity contribution in [2.24, 2.45) is 5.92 Å². The van der Waals surface area contributed by atoms with E-state index in [2.05, 4.69) is 54.4 Å². The van der Waals surface area contributed by atoms with Crippen molar-refractivity contribution >= 4 is 24.8 Å². The van der Waals surface area contributed by atoms with Crippen LogP contribution in [0.4, 0.5) is 0 Å². The number of hydrogen-bond acceptors (Lipinski definition) is 2. The molecule has 0 saturated carbocycles. The minimum absolute atomic E-state index is 0. The molecule has 4 heteroatoms. The van der Waals surface area contributed by atoms with Crippen molar-refractivity contribution in [3.05, 3.63) is 35.9 Å². The van der Waals surface area contributed by atoms with E-state index in [4.69, 9.17) is 0 Å². The zero-order valence-corrected chi connectivity index (χ0v) is 13.5. The summed E-state index contributed by atoms with van der Waals surface area (Å²) in [6.07, 6.45) is 1.24. The third kappa shape index (κ3) is 4.96. The lowest BCUT2D eigenvalue weighted by Gasteiger charge is -2.38. The van der Waals surface area contributed by atoms with E-state index in [0.29, 0.717) is 6.04 Å². The summed E-state index contributed by atoms with van der Waals surface area (Å²) >= 11 is 0. The maximum atomic E-state index is 3.44. The molecule has 2 nitrogen and oxygen atoms in total. The van der Waals surface area contributed by atoms with Gasteiger partial charge in [-0.1, -0.05) is 50.6 Å². The second-order valence-electron chi connectivity index (χ2n) is 5.03. The molecule has 1 aromatic rings. The van der Waals surface area contributed by atoms with E-state index >= 15 is 0 Å². The van der Waals surface area contributed by atoms with E-state index in [1.54, 1.807) is 0 Å². The molecule has 1 fully saturated rings. The number of piperazine rings is 1. The average Bonchev–Trinajstić information content (AvgIpc) is 2.41. The number of hydrogen-bond donors (Lipinski definition) is 1. The zero-order chi connectivity index (χ0) is 12.1. The van der Waals surface area contributed by atoms with Gasteiger partial charge in [0.05, 0.1) is 0 Å². The van der Waals surface area contributed by atoms with Crippen molar-refractivity contribution in [2.45, 2.75) is 26.3 Å². The van der Waals surface area contributed by atoms with Gasteiger partial charge in [0.1, 0.15) is 0 Å². The Balaban J connectivity index is 0.00000162. The highest BCUT2D eigenvalue weighted by Gasteiger charge is 2.25. The Labute approximate surface area is 129 Å². The van der Waals surface area contributed by atoms with Crippen LogP contribution in [0.25, 0.3) is 0 Å². The van der Waals surface area contributed by atoms with Gasteiger partial charge in [0.15, 0.2) is 0 Å². The summed E-state index contributed by atoms with van der Waals surface area (Å²) in [6, 6.07) is 11.6. The van der Waals surface area contributed by atoms with Crippen LogP contribution in [-0.2, 0) is 0 Å². The van der Waals surface area contributed by atoms with Crippen LogP contribution < -0.4 is 5.32 Å². The first-order valence-corrected chi connectivity index (χ1v) is 6.82. The SMILES string of the molecule is CCC(C)[C@@H](c1ccccc1)N1CCNCC1.Cl.Cl. The molecule has 1 saturated heterocycles. The quantitative estimate of drug-likeness (QED) is 0.915. The third-order valence-electron chi connectivity index (χ3n) is 3.87. The van der Waals surface area contributed by atoms with Crippen molar-refractivity contribution in [1.82, 2.24) is 10.2 Å². The van der Waals surface area contributed by atoms with E-state index in [1.807, 2.05) is 0 Å². The van der Waals surface area contributed by atoms with Crippen molar-refractivity contribution in [2.75, 3.05) is 26.2 Å². The van der Waals surface area contributed by atoms with Crippen molar-refractivity contribution in [3.63, 3.8) is 0 Å². The number of nitrogens with zero attached hydrogens (tertiary/aromatic N) is 1. The highest BCUT2D eigenvalue weighted by Crippen LogP contribution is 2.30. The minimum Gasteiger partial charge on any atom is -0.314 e. The number of halogens is 2. The van der Waals surface area contributed by atoms with Crippen molar-refractivity contribution < 1.29 is 0 Å². The summed E-state index contributed by atoms with van der Waals surface area (Å²) in [5.74, 6) is 0.718. The summed E-state index contributed by atoms with van der Waals surface area (Å²) in [6.45, 7) is 9.26. The molecular weight excluding hydrogens is 279 g/mol. The molecule has 0 aliphatic carbocycles. The van der Waals surface area contributed by atoms with Gasteiger partial charge in [-0.2, -0.15) is 0 Å². The maximum Gasteiger partial charge on any atom is 0.0374 e. The Morgan fingerprint density at radius 2 is 1.68 bits per heavy atom. The van der Waals surface area contributed by atoms with Gasteiger partial charge in [0, 0.05) is 32.2 Å². The lowest BCUT2D eigenvalue weighted by molar-refractivity contribution is 0.128. The van der Waals surface area contributed by atoms with E-state index < -0.39 is 0 Å². The molecule has 1 heterocycles. The molecule has 1 aliphatic heterocycles. The summed E-state index contributed by atoms with van der Waals surface area (Å²) in [5, 5.41) is 3.44. The summed E-state index contributed by atoms with van der Waals surface area (Å²) in [7, 11) is 0. The molecule has 0 amide bonds. The van der Waals surface area contributed by atoms with E-state index in [0.717, 1.165) is 19.0 Å². The van der Waals surface area contributed by atoms with Gasteiger partial charge in [-0.3, -0.25) is 4.90 Å². The lowest BCUT2D eigenvalue weighted by atomic mass is 9.90. The molecule has 1 aliphatic rings. The van der Waals surface area contributed by atoms with Crippen LogP contribution in [0.5, 0.6) is 0 Å². The molecule has 1 unspecified atom stereocenters. The van der Waals surface area contributed by atoms with Gasteiger partial charge in [0.25, 0.3) is 0 Å². The van der Waals surface area contributed by atoms with Crippen LogP contribution in [0.3, 0.4) is 0 Å². The highest BCUT2D eigenvalue weighted by atomic mass is 35.5. The van der Waals surface area contributed by atoms with Gasteiger partial charge in [-0.05, 0) is 11.5 Å². The fraction of sp³-hybridized carbons (Fsp3) is 0.600. The first kappa shape index (κ1) is 18.7. The average molecular weight is 305 g/mol. The highest BCUT2D eigenvalue weighted by molar-refractivity contribution is 5.85. The normalized spacial score (nSPS) is 18.8. The molecule has 19 heavy (non-hydrogen) atoms. The first-order valence-electron chi connectivity index (χ1n) is 6.82. The Morgan fingerprint density at radius 3 is 2.21 bits per heavy atom. The molecule has 1 aromatic carbocycles. The standard InChI is InChI=1S/C15H24N2.2ClH/c1-3-13(2)15(14-7-5-4-6-8-14)17-11-9-16-10-12-17;;/h4-8,13,15-16H,3,9-12H2,1-2H3;2*1H/t13?,15-;;/m0../s1. The van der Waals surface area contributed by atoms with Crippen LogP contribution >= 0.6 is 24.8 Å². The van der Waals surface area contributed by atoms with Gasteiger partial charge in [-0.15, -0.1) is 24.8 Å². The van der Waals surface area contributed by atoms with Gasteiger partial charge in [-0.25, -0.2) is 0 Å². The second-order valence-corrected chi connectivity index (χ2v) is 5.03. The summed E-state index contributed by atoms with van der Waals surface area (Å²) in [5.41, 5.74) is 1.48. The fourth-order valence-electron chi connectivity index (χ4n) is 2.73. The van der Waals surface area contributed by atoms with Gasteiger partial charge >= 0.3 is 0 Å². The summed E-state index contributed by atoms with van der Waals surface area (Å²) in [4.78, 5) is 2.64. The van der Waals surface area contributed by atoms with E-state index in [-0.39, 0.29) is 24.8 Å². The smallest absolute Gasteiger partial charge is 0.0374 e. The molecule has 2 rings (SSSR count). The predicted octanol–water partition coefficient (Wildman–Crippen LogP) is 3.52. The fourth-order valence-corrected chi connectivity index (χ4v) is 2.73. The lowest BCUT2D eigenvalue weighted by Crippen LogP contribution is -2.46. The van der Waals surface area contributed by atoms with Crippen molar-refractivity contribution in [3.8, 4) is 0 Å².